The Balaban J connectivity index is 2.25. The van der Waals surface area contributed by atoms with Crippen molar-refractivity contribution < 1.29 is 4.92 Å². The van der Waals surface area contributed by atoms with Crippen molar-refractivity contribution >= 4 is 17.1 Å². The number of benzene rings is 1. The minimum absolute atomic E-state index is 0.159. The van der Waals surface area contributed by atoms with Gasteiger partial charge in [0.2, 0.25) is 0 Å². The molecule has 0 bridgehead atoms. The van der Waals surface area contributed by atoms with Crippen molar-refractivity contribution in [3.8, 4) is 0 Å². The lowest BCUT2D eigenvalue weighted by molar-refractivity contribution is -0.384. The van der Waals surface area contributed by atoms with Crippen LogP contribution in [-0.4, -0.2) is 24.6 Å². The van der Waals surface area contributed by atoms with Gasteiger partial charge in [0.25, 0.3) is 5.69 Å². The molecule has 0 aliphatic carbocycles. The number of nitrogens with zero attached hydrogens (tertiary/aromatic N) is 2. The predicted octanol–water partition coefficient (Wildman–Crippen LogP) is 3.26. The van der Waals surface area contributed by atoms with Crippen LogP contribution in [0.5, 0.6) is 0 Å². The van der Waals surface area contributed by atoms with Crippen LogP contribution in [-0.2, 0) is 0 Å². The summed E-state index contributed by atoms with van der Waals surface area (Å²) in [7, 11) is 0. The minimum atomic E-state index is -0.323. The Morgan fingerprint density at radius 3 is 2.63 bits per heavy atom. The number of nitro benzene ring substituents is 1. The summed E-state index contributed by atoms with van der Waals surface area (Å²) in [6.45, 7) is 6.97. The molecule has 1 aliphatic heterocycles. The topological polar surface area (TPSA) is 58.4 Å². The fourth-order valence-corrected chi connectivity index (χ4v) is 2.46. The standard InChI is InChI=1S/C14H21N3O2/c1-3-15-12-8-13(10-14(9-12)17(18)19)16-6-4-11(2)5-7-16/h8-11,15H,3-7H2,1-2H3. The molecule has 0 saturated carbocycles. The van der Waals surface area contributed by atoms with Crippen LogP contribution in [0.2, 0.25) is 0 Å². The SMILES string of the molecule is CCNc1cc(N2CCC(C)CC2)cc([N+](=O)[O-])c1. The monoisotopic (exact) mass is 263 g/mol. The second-order valence-corrected chi connectivity index (χ2v) is 5.20. The van der Waals surface area contributed by atoms with Gasteiger partial charge in [-0.3, -0.25) is 10.1 Å². The Kier molecular flexibility index (Phi) is 4.24. The molecule has 5 heteroatoms. The molecule has 0 aromatic heterocycles. The van der Waals surface area contributed by atoms with E-state index in [1.807, 2.05) is 13.0 Å². The average molecular weight is 263 g/mol. The van der Waals surface area contributed by atoms with Crippen LogP contribution in [0.25, 0.3) is 0 Å². The second-order valence-electron chi connectivity index (χ2n) is 5.20. The Hall–Kier alpha value is -1.78. The first-order valence-electron chi connectivity index (χ1n) is 6.88. The van der Waals surface area contributed by atoms with E-state index in [1.165, 1.54) is 0 Å². The van der Waals surface area contributed by atoms with Crippen molar-refractivity contribution in [2.45, 2.75) is 26.7 Å². The van der Waals surface area contributed by atoms with Gasteiger partial charge in [-0.15, -0.1) is 0 Å². The summed E-state index contributed by atoms with van der Waals surface area (Å²) in [5, 5.41) is 14.2. The summed E-state index contributed by atoms with van der Waals surface area (Å²) < 4.78 is 0. The van der Waals surface area contributed by atoms with Gasteiger partial charge in [-0.05, 0) is 31.7 Å². The molecule has 0 amide bonds. The van der Waals surface area contributed by atoms with Crippen LogP contribution in [0, 0.1) is 16.0 Å². The van der Waals surface area contributed by atoms with Gasteiger partial charge in [0.1, 0.15) is 0 Å². The first-order valence-corrected chi connectivity index (χ1v) is 6.88. The van der Waals surface area contributed by atoms with Crippen molar-refractivity contribution in [1.82, 2.24) is 0 Å². The molecule has 2 rings (SSSR count). The summed E-state index contributed by atoms with van der Waals surface area (Å²) in [4.78, 5) is 12.9. The zero-order valence-corrected chi connectivity index (χ0v) is 11.6. The van der Waals surface area contributed by atoms with Crippen molar-refractivity contribution in [1.29, 1.82) is 0 Å². The molecule has 0 radical (unpaired) electrons. The second kappa shape index (κ2) is 5.91. The van der Waals surface area contributed by atoms with Gasteiger partial charge in [0.05, 0.1) is 4.92 Å². The van der Waals surface area contributed by atoms with Crippen LogP contribution in [0.4, 0.5) is 17.1 Å². The fourth-order valence-electron chi connectivity index (χ4n) is 2.46. The molecule has 1 saturated heterocycles. The maximum absolute atomic E-state index is 11.0. The molecule has 1 aromatic rings. The Labute approximate surface area is 113 Å². The highest BCUT2D eigenvalue weighted by Gasteiger charge is 2.19. The average Bonchev–Trinajstić information content (AvgIpc) is 2.39. The molecule has 0 atom stereocenters. The first-order chi connectivity index (χ1) is 9.10. The molecule has 1 fully saturated rings. The largest absolute Gasteiger partial charge is 0.385 e. The van der Waals surface area contributed by atoms with E-state index in [4.69, 9.17) is 0 Å². The van der Waals surface area contributed by atoms with Gasteiger partial charge in [0.15, 0.2) is 0 Å². The van der Waals surface area contributed by atoms with E-state index in [0.29, 0.717) is 0 Å². The van der Waals surface area contributed by atoms with E-state index in [9.17, 15) is 10.1 Å². The maximum Gasteiger partial charge on any atom is 0.273 e. The van der Waals surface area contributed by atoms with Crippen LogP contribution in [0.3, 0.4) is 0 Å². The zero-order valence-electron chi connectivity index (χ0n) is 11.6. The zero-order chi connectivity index (χ0) is 13.8. The fraction of sp³-hybridized carbons (Fsp3) is 0.571. The third kappa shape index (κ3) is 3.36. The molecule has 5 nitrogen and oxygen atoms in total. The van der Waals surface area contributed by atoms with Crippen molar-refractivity contribution in [3.63, 3.8) is 0 Å². The molecule has 0 spiro atoms. The first kappa shape index (κ1) is 13.6. The highest BCUT2D eigenvalue weighted by atomic mass is 16.6. The van der Waals surface area contributed by atoms with E-state index in [2.05, 4.69) is 17.1 Å². The third-order valence-corrected chi connectivity index (χ3v) is 3.64. The Morgan fingerprint density at radius 1 is 1.37 bits per heavy atom. The molecular formula is C14H21N3O2. The lowest BCUT2D eigenvalue weighted by atomic mass is 9.98. The highest BCUT2D eigenvalue weighted by molar-refractivity contribution is 5.64. The lowest BCUT2D eigenvalue weighted by Gasteiger charge is -2.32. The van der Waals surface area contributed by atoms with Crippen LogP contribution >= 0.6 is 0 Å². The van der Waals surface area contributed by atoms with Gasteiger partial charge in [-0.1, -0.05) is 6.92 Å². The lowest BCUT2D eigenvalue weighted by Crippen LogP contribution is -2.32. The van der Waals surface area contributed by atoms with E-state index in [-0.39, 0.29) is 10.6 Å². The molecule has 1 N–H and O–H groups in total. The molecule has 19 heavy (non-hydrogen) atoms. The van der Waals surface area contributed by atoms with E-state index < -0.39 is 0 Å². The van der Waals surface area contributed by atoms with Crippen molar-refractivity contribution in [2.24, 2.45) is 5.92 Å². The smallest absolute Gasteiger partial charge is 0.273 e. The summed E-state index contributed by atoms with van der Waals surface area (Å²) in [6, 6.07) is 5.28. The molecular weight excluding hydrogens is 242 g/mol. The third-order valence-electron chi connectivity index (χ3n) is 3.64. The molecule has 1 heterocycles. The normalized spacial score (nSPS) is 16.4. The number of hydrogen-bond acceptors (Lipinski definition) is 4. The maximum atomic E-state index is 11.0. The van der Waals surface area contributed by atoms with Gasteiger partial charge in [-0.2, -0.15) is 0 Å². The molecule has 104 valence electrons. The Morgan fingerprint density at radius 2 is 2.05 bits per heavy atom. The van der Waals surface area contributed by atoms with E-state index >= 15 is 0 Å². The number of rotatable bonds is 4. The number of piperidine rings is 1. The summed E-state index contributed by atoms with van der Waals surface area (Å²) >= 11 is 0. The minimum Gasteiger partial charge on any atom is -0.385 e. The molecule has 1 aliphatic rings. The summed E-state index contributed by atoms with van der Waals surface area (Å²) in [5.74, 6) is 0.753. The molecule has 0 unspecified atom stereocenters. The number of hydrogen-bond donors (Lipinski definition) is 1. The predicted molar refractivity (Wildman–Crippen MR) is 77.9 cm³/mol. The van der Waals surface area contributed by atoms with Crippen LogP contribution in [0.1, 0.15) is 26.7 Å². The molecule has 1 aromatic carbocycles. The van der Waals surface area contributed by atoms with Crippen molar-refractivity contribution in [2.75, 3.05) is 29.9 Å². The van der Waals surface area contributed by atoms with Crippen LogP contribution in [0.15, 0.2) is 18.2 Å². The highest BCUT2D eigenvalue weighted by Crippen LogP contribution is 2.29. The number of non-ortho nitro benzene ring substituents is 1. The number of nitro groups is 1. The van der Waals surface area contributed by atoms with Crippen molar-refractivity contribution in [3.05, 3.63) is 28.3 Å². The van der Waals surface area contributed by atoms with Gasteiger partial charge in [-0.25, -0.2) is 0 Å². The Bertz CT molecular complexity index is 454. The number of nitrogens with one attached hydrogen (secondary N) is 1. The van der Waals surface area contributed by atoms with Crippen LogP contribution < -0.4 is 10.2 Å². The van der Waals surface area contributed by atoms with Gasteiger partial charge >= 0.3 is 0 Å². The van der Waals surface area contributed by atoms with E-state index in [0.717, 1.165) is 49.8 Å². The van der Waals surface area contributed by atoms with Gasteiger partial charge < -0.3 is 10.2 Å². The summed E-state index contributed by atoms with van der Waals surface area (Å²) in [6.07, 6.45) is 2.30. The summed E-state index contributed by atoms with van der Waals surface area (Å²) in [5.41, 5.74) is 1.94. The van der Waals surface area contributed by atoms with Gasteiger partial charge in [0, 0.05) is 43.1 Å². The quantitative estimate of drug-likeness (QED) is 0.669. The number of anilines is 2. The van der Waals surface area contributed by atoms with E-state index in [1.54, 1.807) is 12.1 Å².